The van der Waals surface area contributed by atoms with Gasteiger partial charge in [0.15, 0.2) is 11.6 Å². The van der Waals surface area contributed by atoms with E-state index < -0.39 is 0 Å². The zero-order chi connectivity index (χ0) is 18.1. The smallest absolute Gasteiger partial charge is 0.244 e. The molecule has 1 amide bonds. The lowest BCUT2D eigenvalue weighted by Gasteiger charge is -2.10. The number of carbonyl (C=O) groups excluding carboxylic acids is 1. The van der Waals surface area contributed by atoms with Gasteiger partial charge in [-0.05, 0) is 61.4 Å². The van der Waals surface area contributed by atoms with Crippen LogP contribution in [0, 0.1) is 13.8 Å². The number of nitrogens with one attached hydrogen (secondary N) is 1. The summed E-state index contributed by atoms with van der Waals surface area (Å²) in [6.45, 7) is 4.19. The number of hydrogen-bond acceptors (Lipinski definition) is 3. The normalized spacial score (nSPS) is 11.0. The summed E-state index contributed by atoms with van der Waals surface area (Å²) >= 11 is 0. The van der Waals surface area contributed by atoms with Crippen molar-refractivity contribution in [1.29, 1.82) is 0 Å². The van der Waals surface area contributed by atoms with Crippen molar-refractivity contribution < 1.29 is 9.21 Å². The molecule has 0 aliphatic rings. The monoisotopic (exact) mass is 345 g/mol. The molecule has 130 valence electrons. The Hall–Kier alpha value is -3.34. The number of nitrogens with zero attached hydrogens (tertiary/aromatic N) is 2. The molecule has 0 spiro atoms. The first kappa shape index (κ1) is 16.1. The van der Waals surface area contributed by atoms with Gasteiger partial charge in [-0.3, -0.25) is 4.79 Å². The third-order valence-electron chi connectivity index (χ3n) is 4.20. The van der Waals surface area contributed by atoms with E-state index in [1.807, 2.05) is 66.9 Å². The highest BCUT2D eigenvalue weighted by molar-refractivity contribution is 5.92. The third kappa shape index (κ3) is 3.11. The number of amides is 1. The van der Waals surface area contributed by atoms with Crippen molar-refractivity contribution in [1.82, 2.24) is 9.55 Å². The van der Waals surface area contributed by atoms with Crippen LogP contribution >= 0.6 is 0 Å². The maximum Gasteiger partial charge on any atom is 0.244 e. The Kier molecular flexibility index (Phi) is 4.05. The lowest BCUT2D eigenvalue weighted by molar-refractivity contribution is -0.116. The van der Waals surface area contributed by atoms with Crippen LogP contribution in [0.5, 0.6) is 0 Å². The lowest BCUT2D eigenvalue weighted by atomic mass is 10.1. The molecule has 5 nitrogen and oxygen atoms in total. The third-order valence-corrected chi connectivity index (χ3v) is 4.20. The molecule has 0 unspecified atom stereocenters. The summed E-state index contributed by atoms with van der Waals surface area (Å²) in [6.07, 6.45) is 1.61. The topological polar surface area (TPSA) is 60.1 Å². The molecule has 0 aliphatic carbocycles. The first-order valence-electron chi connectivity index (χ1n) is 8.47. The highest BCUT2D eigenvalue weighted by Crippen LogP contribution is 2.25. The standard InChI is InChI=1S/C21H19N3O2/c1-14-10-15(2)12-16(11-14)22-20(25)13-24-18-7-4-3-6-17(18)23-21(24)19-8-5-9-26-19/h3-12H,13H2,1-2H3,(H,22,25). The van der Waals surface area contributed by atoms with Gasteiger partial charge in [0.25, 0.3) is 0 Å². The minimum atomic E-state index is -0.106. The highest BCUT2D eigenvalue weighted by Gasteiger charge is 2.17. The van der Waals surface area contributed by atoms with Gasteiger partial charge in [0.2, 0.25) is 5.91 Å². The first-order chi connectivity index (χ1) is 12.6. The molecule has 2 heterocycles. The van der Waals surface area contributed by atoms with Gasteiger partial charge in [-0.25, -0.2) is 4.98 Å². The van der Waals surface area contributed by atoms with Gasteiger partial charge >= 0.3 is 0 Å². The molecule has 0 saturated heterocycles. The molecule has 2 aromatic heterocycles. The van der Waals surface area contributed by atoms with E-state index in [1.165, 1.54) is 0 Å². The summed E-state index contributed by atoms with van der Waals surface area (Å²) in [7, 11) is 0. The fourth-order valence-corrected chi connectivity index (χ4v) is 3.22. The lowest BCUT2D eigenvalue weighted by Crippen LogP contribution is -2.19. The second kappa shape index (κ2) is 6.52. The van der Waals surface area contributed by atoms with Crippen LogP contribution in [0.25, 0.3) is 22.6 Å². The number of anilines is 1. The largest absolute Gasteiger partial charge is 0.461 e. The van der Waals surface area contributed by atoms with E-state index in [0.717, 1.165) is 27.8 Å². The highest BCUT2D eigenvalue weighted by atomic mass is 16.3. The van der Waals surface area contributed by atoms with Crippen LogP contribution in [0.4, 0.5) is 5.69 Å². The van der Waals surface area contributed by atoms with Gasteiger partial charge in [-0.1, -0.05) is 18.2 Å². The zero-order valence-electron chi connectivity index (χ0n) is 14.7. The Morgan fingerprint density at radius 3 is 2.58 bits per heavy atom. The Balaban J connectivity index is 1.68. The summed E-state index contributed by atoms with van der Waals surface area (Å²) in [5.41, 5.74) is 4.76. The SMILES string of the molecule is Cc1cc(C)cc(NC(=O)Cn2c(-c3ccco3)nc3ccccc32)c1. The molecule has 0 aliphatic heterocycles. The summed E-state index contributed by atoms with van der Waals surface area (Å²) in [4.78, 5) is 17.3. The minimum Gasteiger partial charge on any atom is -0.461 e. The Morgan fingerprint density at radius 2 is 1.85 bits per heavy atom. The van der Waals surface area contributed by atoms with Crippen molar-refractivity contribution in [3.63, 3.8) is 0 Å². The molecule has 0 fully saturated rings. The second-order valence-corrected chi connectivity index (χ2v) is 6.41. The van der Waals surface area contributed by atoms with Gasteiger partial charge < -0.3 is 14.3 Å². The fourth-order valence-electron chi connectivity index (χ4n) is 3.22. The molecule has 5 heteroatoms. The van der Waals surface area contributed by atoms with E-state index in [1.54, 1.807) is 6.26 Å². The van der Waals surface area contributed by atoms with Crippen LogP contribution in [0.2, 0.25) is 0 Å². The number of carbonyl (C=O) groups is 1. The van der Waals surface area contributed by atoms with Crippen LogP contribution < -0.4 is 5.32 Å². The molecule has 2 aromatic carbocycles. The summed E-state index contributed by atoms with van der Waals surface area (Å²) in [5.74, 6) is 1.18. The minimum absolute atomic E-state index is 0.106. The first-order valence-corrected chi connectivity index (χ1v) is 8.47. The van der Waals surface area contributed by atoms with Crippen molar-refractivity contribution >= 4 is 22.6 Å². The number of para-hydroxylation sites is 2. The van der Waals surface area contributed by atoms with Crippen molar-refractivity contribution in [2.75, 3.05) is 5.32 Å². The predicted octanol–water partition coefficient (Wildman–Crippen LogP) is 4.55. The molecule has 4 rings (SSSR count). The molecule has 1 N–H and O–H groups in total. The van der Waals surface area contributed by atoms with Crippen molar-refractivity contribution in [3.8, 4) is 11.6 Å². The van der Waals surface area contributed by atoms with Gasteiger partial charge in [-0.2, -0.15) is 0 Å². The molecular weight excluding hydrogens is 326 g/mol. The maximum atomic E-state index is 12.7. The van der Waals surface area contributed by atoms with Crippen LogP contribution in [0.1, 0.15) is 11.1 Å². The number of rotatable bonds is 4. The molecule has 4 aromatic rings. The number of imidazole rings is 1. The summed E-state index contributed by atoms with van der Waals surface area (Å²) < 4.78 is 7.39. The van der Waals surface area contributed by atoms with Crippen LogP contribution in [0.15, 0.2) is 65.3 Å². The van der Waals surface area contributed by atoms with E-state index in [-0.39, 0.29) is 12.5 Å². The number of hydrogen-bond donors (Lipinski definition) is 1. The fraction of sp³-hybridized carbons (Fsp3) is 0.143. The number of aryl methyl sites for hydroxylation is 2. The second-order valence-electron chi connectivity index (χ2n) is 6.41. The average molecular weight is 345 g/mol. The Bertz CT molecular complexity index is 1060. The summed E-state index contributed by atoms with van der Waals surface area (Å²) in [6, 6.07) is 17.4. The van der Waals surface area contributed by atoms with Gasteiger partial charge in [0, 0.05) is 5.69 Å². The van der Waals surface area contributed by atoms with Crippen molar-refractivity contribution in [3.05, 3.63) is 72.0 Å². The van der Waals surface area contributed by atoms with Crippen LogP contribution in [0.3, 0.4) is 0 Å². The zero-order valence-corrected chi connectivity index (χ0v) is 14.7. The quantitative estimate of drug-likeness (QED) is 0.590. The Labute approximate surface area is 151 Å². The van der Waals surface area contributed by atoms with Crippen LogP contribution in [-0.4, -0.2) is 15.5 Å². The number of benzene rings is 2. The van der Waals surface area contributed by atoms with Crippen LogP contribution in [-0.2, 0) is 11.3 Å². The van der Waals surface area contributed by atoms with E-state index in [0.29, 0.717) is 11.6 Å². The van der Waals surface area contributed by atoms with Gasteiger partial charge in [-0.15, -0.1) is 0 Å². The van der Waals surface area contributed by atoms with E-state index in [2.05, 4.69) is 16.4 Å². The molecule has 0 saturated carbocycles. The van der Waals surface area contributed by atoms with Gasteiger partial charge in [0.05, 0.1) is 17.3 Å². The summed E-state index contributed by atoms with van der Waals surface area (Å²) in [5, 5.41) is 2.98. The van der Waals surface area contributed by atoms with E-state index >= 15 is 0 Å². The molecule has 26 heavy (non-hydrogen) atoms. The average Bonchev–Trinajstić information content (AvgIpc) is 3.22. The Morgan fingerprint density at radius 1 is 1.08 bits per heavy atom. The molecule has 0 radical (unpaired) electrons. The number of furan rings is 1. The van der Waals surface area contributed by atoms with E-state index in [9.17, 15) is 4.79 Å². The predicted molar refractivity (Wildman–Crippen MR) is 102 cm³/mol. The molecule has 0 atom stereocenters. The van der Waals surface area contributed by atoms with Crippen molar-refractivity contribution in [2.45, 2.75) is 20.4 Å². The maximum absolute atomic E-state index is 12.7. The molecular formula is C21H19N3O2. The number of fused-ring (bicyclic) bond motifs is 1. The van der Waals surface area contributed by atoms with E-state index in [4.69, 9.17) is 4.42 Å². The molecule has 0 bridgehead atoms. The van der Waals surface area contributed by atoms with Gasteiger partial charge in [0.1, 0.15) is 6.54 Å². The number of aromatic nitrogens is 2. The van der Waals surface area contributed by atoms with Crippen molar-refractivity contribution in [2.24, 2.45) is 0 Å².